The molecule has 6 nitrogen and oxygen atoms in total. The second-order valence-electron chi connectivity index (χ2n) is 7.63. The van der Waals surface area contributed by atoms with Gasteiger partial charge in [-0.15, -0.1) is 0 Å². The van der Waals surface area contributed by atoms with Crippen LogP contribution in [0, 0.1) is 0 Å². The van der Waals surface area contributed by atoms with E-state index in [-0.39, 0.29) is 17.6 Å². The number of ether oxygens (including phenoxy) is 1. The van der Waals surface area contributed by atoms with E-state index in [0.29, 0.717) is 48.3 Å². The van der Waals surface area contributed by atoms with Crippen LogP contribution in [0.4, 0.5) is 5.69 Å². The molecule has 3 aromatic rings. The van der Waals surface area contributed by atoms with Gasteiger partial charge in [-0.05, 0) is 60.4 Å². The maximum atomic E-state index is 13.3. The van der Waals surface area contributed by atoms with Gasteiger partial charge in [-0.2, -0.15) is 0 Å². The number of nitrogens with one attached hydrogen (secondary N) is 2. The summed E-state index contributed by atoms with van der Waals surface area (Å²) < 4.78 is 10.6. The summed E-state index contributed by atoms with van der Waals surface area (Å²) in [5, 5.41) is 6.82. The Bertz CT molecular complexity index is 1090. The van der Waals surface area contributed by atoms with Crippen LogP contribution in [0.5, 0.6) is 0 Å². The van der Waals surface area contributed by atoms with Crippen molar-refractivity contribution in [3.63, 3.8) is 0 Å². The molecule has 166 valence electrons. The quantitative estimate of drug-likeness (QED) is 0.516. The highest BCUT2D eigenvalue weighted by atomic mass is 35.5. The van der Waals surface area contributed by atoms with Crippen LogP contribution >= 0.6 is 23.2 Å². The predicted octanol–water partition coefficient (Wildman–Crippen LogP) is 5.20. The monoisotopic (exact) mass is 472 g/mol. The minimum atomic E-state index is -0.767. The second kappa shape index (κ2) is 9.77. The number of rotatable bonds is 6. The average molecular weight is 473 g/mol. The number of hydrogen-bond acceptors (Lipinski definition) is 4. The SMILES string of the molecule is O=C(Nc1ccc(CNC(=O)C2(c3ccc(Cl)cc3Cl)CCOCC2)cc1)c1ccco1. The molecule has 0 spiro atoms. The van der Waals surface area contributed by atoms with Gasteiger partial charge in [0.1, 0.15) is 0 Å². The highest BCUT2D eigenvalue weighted by Crippen LogP contribution is 2.40. The molecule has 0 atom stereocenters. The largest absolute Gasteiger partial charge is 0.459 e. The Kier molecular flexibility index (Phi) is 6.84. The number of halogens is 2. The van der Waals surface area contributed by atoms with Gasteiger partial charge in [0.05, 0.1) is 11.7 Å². The standard InChI is InChI=1S/C24H22Cl2N2O4/c25-17-5-8-19(20(26)14-17)24(9-12-31-13-10-24)23(30)27-15-16-3-6-18(7-4-16)28-22(29)21-2-1-11-32-21/h1-8,11,14H,9-10,12-13,15H2,(H,27,30)(H,28,29). The van der Waals surface area contributed by atoms with Gasteiger partial charge in [-0.1, -0.05) is 41.4 Å². The maximum Gasteiger partial charge on any atom is 0.291 e. The van der Waals surface area contributed by atoms with Crippen LogP contribution in [0.3, 0.4) is 0 Å². The van der Waals surface area contributed by atoms with Crippen molar-refractivity contribution in [2.24, 2.45) is 0 Å². The first-order valence-corrected chi connectivity index (χ1v) is 11.0. The van der Waals surface area contributed by atoms with Gasteiger partial charge in [-0.3, -0.25) is 9.59 Å². The van der Waals surface area contributed by atoms with Crippen molar-refractivity contribution in [1.29, 1.82) is 0 Å². The van der Waals surface area contributed by atoms with Gasteiger partial charge in [0.15, 0.2) is 5.76 Å². The molecule has 8 heteroatoms. The lowest BCUT2D eigenvalue weighted by atomic mass is 9.73. The maximum absolute atomic E-state index is 13.3. The Hall–Kier alpha value is -2.80. The van der Waals surface area contributed by atoms with E-state index < -0.39 is 5.41 Å². The Morgan fingerprint density at radius 1 is 1.00 bits per heavy atom. The zero-order chi connectivity index (χ0) is 22.6. The predicted molar refractivity (Wildman–Crippen MR) is 123 cm³/mol. The minimum Gasteiger partial charge on any atom is -0.459 e. The van der Waals surface area contributed by atoms with Crippen LogP contribution in [-0.4, -0.2) is 25.0 Å². The average Bonchev–Trinajstić information content (AvgIpc) is 3.34. The summed E-state index contributed by atoms with van der Waals surface area (Å²) >= 11 is 12.5. The van der Waals surface area contributed by atoms with Gasteiger partial charge in [0, 0.05) is 35.5 Å². The fourth-order valence-corrected chi connectivity index (χ4v) is 4.46. The van der Waals surface area contributed by atoms with Gasteiger partial charge in [0.2, 0.25) is 5.91 Å². The summed E-state index contributed by atoms with van der Waals surface area (Å²) in [6, 6.07) is 15.8. The third-order valence-electron chi connectivity index (χ3n) is 5.64. The number of carbonyl (C=O) groups is 2. The van der Waals surface area contributed by atoms with E-state index in [1.54, 1.807) is 36.4 Å². The number of furan rings is 1. The molecule has 1 aliphatic heterocycles. The summed E-state index contributed by atoms with van der Waals surface area (Å²) in [4.78, 5) is 25.4. The number of hydrogen-bond donors (Lipinski definition) is 2. The van der Waals surface area contributed by atoms with Crippen LogP contribution in [0.1, 0.15) is 34.5 Å². The number of anilines is 1. The Morgan fingerprint density at radius 2 is 1.75 bits per heavy atom. The Labute approximate surface area is 195 Å². The van der Waals surface area contributed by atoms with E-state index in [2.05, 4.69) is 10.6 Å². The first-order chi connectivity index (χ1) is 15.5. The van der Waals surface area contributed by atoms with Gasteiger partial charge in [-0.25, -0.2) is 0 Å². The molecule has 0 saturated carbocycles. The van der Waals surface area contributed by atoms with E-state index >= 15 is 0 Å². The van der Waals surface area contributed by atoms with Crippen LogP contribution in [0.15, 0.2) is 65.3 Å². The number of carbonyl (C=O) groups excluding carboxylic acids is 2. The first-order valence-electron chi connectivity index (χ1n) is 10.2. The van der Waals surface area contributed by atoms with Crippen molar-refractivity contribution in [3.05, 3.63) is 87.8 Å². The highest BCUT2D eigenvalue weighted by molar-refractivity contribution is 6.35. The zero-order valence-corrected chi connectivity index (χ0v) is 18.7. The smallest absolute Gasteiger partial charge is 0.291 e. The second-order valence-corrected chi connectivity index (χ2v) is 8.47. The van der Waals surface area contributed by atoms with Gasteiger partial charge < -0.3 is 19.8 Å². The summed E-state index contributed by atoms with van der Waals surface area (Å²) in [7, 11) is 0. The fraction of sp³-hybridized carbons (Fsp3) is 0.250. The molecular weight excluding hydrogens is 451 g/mol. The molecule has 1 fully saturated rings. The van der Waals surface area contributed by atoms with E-state index in [4.69, 9.17) is 32.4 Å². The molecule has 2 amide bonds. The van der Waals surface area contributed by atoms with Crippen LogP contribution in [-0.2, 0) is 21.5 Å². The lowest BCUT2D eigenvalue weighted by Gasteiger charge is -2.37. The van der Waals surface area contributed by atoms with E-state index in [1.807, 2.05) is 18.2 Å². The molecule has 0 bridgehead atoms. The molecule has 1 aromatic heterocycles. The van der Waals surface area contributed by atoms with E-state index in [1.165, 1.54) is 6.26 Å². The normalized spacial score (nSPS) is 15.2. The van der Waals surface area contributed by atoms with Crippen molar-refractivity contribution >= 4 is 40.7 Å². The third-order valence-corrected chi connectivity index (χ3v) is 6.19. The number of amides is 2. The molecule has 4 rings (SSSR count). The van der Waals surface area contributed by atoms with Crippen molar-refractivity contribution in [2.75, 3.05) is 18.5 Å². The molecule has 0 aliphatic carbocycles. The molecule has 0 unspecified atom stereocenters. The zero-order valence-electron chi connectivity index (χ0n) is 17.2. The number of benzene rings is 2. The third kappa shape index (κ3) is 4.83. The lowest BCUT2D eigenvalue weighted by Crippen LogP contribution is -2.48. The van der Waals surface area contributed by atoms with Crippen LogP contribution < -0.4 is 10.6 Å². The van der Waals surface area contributed by atoms with Gasteiger partial charge in [0.25, 0.3) is 5.91 Å². The van der Waals surface area contributed by atoms with E-state index in [0.717, 1.165) is 11.1 Å². The van der Waals surface area contributed by atoms with E-state index in [9.17, 15) is 9.59 Å². The Balaban J connectivity index is 1.43. The van der Waals surface area contributed by atoms with Crippen molar-refractivity contribution in [1.82, 2.24) is 5.32 Å². The van der Waals surface area contributed by atoms with Crippen molar-refractivity contribution < 1.29 is 18.7 Å². The molecule has 2 N–H and O–H groups in total. The molecule has 1 saturated heterocycles. The summed E-state index contributed by atoms with van der Waals surface area (Å²) in [5.74, 6) is -0.179. The highest BCUT2D eigenvalue weighted by Gasteiger charge is 2.42. The van der Waals surface area contributed by atoms with Gasteiger partial charge >= 0.3 is 0 Å². The van der Waals surface area contributed by atoms with Crippen LogP contribution in [0.2, 0.25) is 10.0 Å². The van der Waals surface area contributed by atoms with Crippen LogP contribution in [0.25, 0.3) is 0 Å². The Morgan fingerprint density at radius 3 is 2.41 bits per heavy atom. The molecule has 2 heterocycles. The fourth-order valence-electron chi connectivity index (χ4n) is 3.87. The topological polar surface area (TPSA) is 80.6 Å². The molecule has 2 aromatic carbocycles. The van der Waals surface area contributed by atoms with Crippen molar-refractivity contribution in [3.8, 4) is 0 Å². The van der Waals surface area contributed by atoms with Crippen molar-refractivity contribution in [2.45, 2.75) is 24.8 Å². The molecule has 1 aliphatic rings. The first kappa shape index (κ1) is 22.4. The minimum absolute atomic E-state index is 0.0970. The molecular formula is C24H22Cl2N2O4. The molecule has 0 radical (unpaired) electrons. The summed E-state index contributed by atoms with van der Waals surface area (Å²) in [6.45, 7) is 1.31. The summed E-state index contributed by atoms with van der Waals surface area (Å²) in [6.07, 6.45) is 2.53. The molecule has 32 heavy (non-hydrogen) atoms. The summed E-state index contributed by atoms with van der Waals surface area (Å²) in [5.41, 5.74) is 1.53. The lowest BCUT2D eigenvalue weighted by molar-refractivity contribution is -0.130.